The molecule has 0 aliphatic rings. The maximum absolute atomic E-state index is 11.2. The average molecular weight is 304 g/mol. The minimum Gasteiger partial charge on any atom is -0.478 e. The molecule has 0 amide bonds. The Hall–Kier alpha value is -1.84. The summed E-state index contributed by atoms with van der Waals surface area (Å²) in [5.74, 6) is -0.891. The molecule has 0 heterocycles. The zero-order chi connectivity index (χ0) is 15.4. The summed E-state index contributed by atoms with van der Waals surface area (Å²) in [5.41, 5.74) is 2.32. The summed E-state index contributed by atoms with van der Waals surface area (Å²) in [6.07, 6.45) is 0. The fourth-order valence-corrected chi connectivity index (χ4v) is 2.39. The Bertz CT molecular complexity index is 625. The first kappa shape index (κ1) is 15.5. The summed E-state index contributed by atoms with van der Waals surface area (Å²) in [6, 6.07) is 15.0. The lowest BCUT2D eigenvalue weighted by Gasteiger charge is -2.25. The quantitative estimate of drug-likeness (QED) is 0.898. The lowest BCUT2D eigenvalue weighted by atomic mass is 10.0. The molecular weight excluding hydrogens is 286 g/mol. The van der Waals surface area contributed by atoms with E-state index in [1.807, 2.05) is 43.4 Å². The zero-order valence-electron chi connectivity index (χ0n) is 12.1. The Kier molecular flexibility index (Phi) is 4.99. The van der Waals surface area contributed by atoms with Crippen molar-refractivity contribution in [3.8, 4) is 0 Å². The molecule has 2 rings (SSSR count). The first-order valence-corrected chi connectivity index (χ1v) is 7.13. The van der Waals surface area contributed by atoms with Crippen molar-refractivity contribution < 1.29 is 9.90 Å². The molecule has 4 heteroatoms. The predicted molar refractivity (Wildman–Crippen MR) is 84.7 cm³/mol. The van der Waals surface area contributed by atoms with Crippen LogP contribution in [0.2, 0.25) is 5.02 Å². The third kappa shape index (κ3) is 3.84. The third-order valence-corrected chi connectivity index (χ3v) is 3.93. The Morgan fingerprint density at radius 2 is 1.81 bits per heavy atom. The van der Waals surface area contributed by atoms with Crippen LogP contribution in [0.5, 0.6) is 0 Å². The molecule has 2 aromatic rings. The van der Waals surface area contributed by atoms with Crippen LogP contribution < -0.4 is 0 Å². The minimum absolute atomic E-state index is 0.170. The second kappa shape index (κ2) is 6.74. The van der Waals surface area contributed by atoms with Crippen LogP contribution in [0.3, 0.4) is 0 Å². The summed E-state index contributed by atoms with van der Waals surface area (Å²) in [6.45, 7) is 2.67. The molecular formula is C17H18ClNO2. The van der Waals surface area contributed by atoms with Gasteiger partial charge in [0.15, 0.2) is 0 Å². The Balaban J connectivity index is 2.16. The van der Waals surface area contributed by atoms with Crippen molar-refractivity contribution in [2.45, 2.75) is 19.5 Å². The van der Waals surface area contributed by atoms with E-state index in [1.54, 1.807) is 12.1 Å². The van der Waals surface area contributed by atoms with Gasteiger partial charge in [0.2, 0.25) is 0 Å². The lowest BCUT2D eigenvalue weighted by molar-refractivity contribution is 0.0694. The van der Waals surface area contributed by atoms with Gasteiger partial charge in [-0.1, -0.05) is 41.9 Å². The number of benzene rings is 2. The molecule has 0 saturated carbocycles. The highest BCUT2D eigenvalue weighted by atomic mass is 35.5. The van der Waals surface area contributed by atoms with Gasteiger partial charge in [-0.05, 0) is 43.3 Å². The van der Waals surface area contributed by atoms with Gasteiger partial charge in [-0.25, -0.2) is 4.79 Å². The van der Waals surface area contributed by atoms with E-state index in [9.17, 15) is 9.90 Å². The zero-order valence-corrected chi connectivity index (χ0v) is 12.8. The second-order valence-corrected chi connectivity index (χ2v) is 5.54. The van der Waals surface area contributed by atoms with Crippen molar-refractivity contribution in [3.05, 3.63) is 70.2 Å². The van der Waals surface area contributed by atoms with Gasteiger partial charge in [-0.2, -0.15) is 0 Å². The molecule has 0 spiro atoms. The van der Waals surface area contributed by atoms with Crippen LogP contribution in [-0.4, -0.2) is 23.0 Å². The molecule has 0 fully saturated rings. The van der Waals surface area contributed by atoms with E-state index in [1.165, 1.54) is 0 Å². The molecule has 1 atom stereocenters. The van der Waals surface area contributed by atoms with E-state index in [2.05, 4.69) is 11.8 Å². The minimum atomic E-state index is -0.891. The lowest BCUT2D eigenvalue weighted by Crippen LogP contribution is -2.23. The van der Waals surface area contributed by atoms with Crippen molar-refractivity contribution in [3.63, 3.8) is 0 Å². The average Bonchev–Trinajstić information content (AvgIpc) is 2.47. The summed E-state index contributed by atoms with van der Waals surface area (Å²) in [5, 5.41) is 9.94. The molecule has 0 aliphatic carbocycles. The number of aromatic carboxylic acids is 1. The first-order chi connectivity index (χ1) is 9.99. The smallest absolute Gasteiger partial charge is 0.336 e. The number of halogens is 1. The number of carboxylic acids is 1. The monoisotopic (exact) mass is 303 g/mol. The second-order valence-electron chi connectivity index (χ2n) is 5.10. The molecule has 0 radical (unpaired) electrons. The highest BCUT2D eigenvalue weighted by molar-refractivity contribution is 6.30. The summed E-state index contributed by atoms with van der Waals surface area (Å²) in [4.78, 5) is 13.4. The maximum atomic E-state index is 11.2. The summed E-state index contributed by atoms with van der Waals surface area (Å²) in [7, 11) is 1.98. The van der Waals surface area contributed by atoms with E-state index in [0.717, 1.165) is 11.1 Å². The number of carboxylic acid groups (broad SMARTS) is 1. The van der Waals surface area contributed by atoms with E-state index >= 15 is 0 Å². The summed E-state index contributed by atoms with van der Waals surface area (Å²) >= 11 is 5.90. The number of hydrogen-bond donors (Lipinski definition) is 1. The standard InChI is InChI=1S/C17H18ClNO2/c1-12(13-7-9-15(18)10-8-13)19(2)11-14-5-3-4-6-16(14)17(20)21/h3-10,12H,11H2,1-2H3,(H,20,21). The van der Waals surface area contributed by atoms with E-state index < -0.39 is 5.97 Å². The molecule has 0 saturated heterocycles. The van der Waals surface area contributed by atoms with Crippen LogP contribution in [0.4, 0.5) is 0 Å². The van der Waals surface area contributed by atoms with Gasteiger partial charge in [0.05, 0.1) is 5.56 Å². The SMILES string of the molecule is CC(c1ccc(Cl)cc1)N(C)Cc1ccccc1C(=O)O. The van der Waals surface area contributed by atoms with Crippen molar-refractivity contribution in [1.82, 2.24) is 4.90 Å². The molecule has 21 heavy (non-hydrogen) atoms. The highest BCUT2D eigenvalue weighted by Crippen LogP contribution is 2.23. The Morgan fingerprint density at radius 3 is 2.43 bits per heavy atom. The normalized spacial score (nSPS) is 12.4. The first-order valence-electron chi connectivity index (χ1n) is 6.76. The molecule has 0 bridgehead atoms. The van der Waals surface area contributed by atoms with E-state index in [4.69, 9.17) is 11.6 Å². The van der Waals surface area contributed by atoms with Crippen LogP contribution in [0.15, 0.2) is 48.5 Å². The van der Waals surface area contributed by atoms with Crippen molar-refractivity contribution in [1.29, 1.82) is 0 Å². The van der Waals surface area contributed by atoms with Gasteiger partial charge in [0, 0.05) is 17.6 Å². The van der Waals surface area contributed by atoms with Gasteiger partial charge in [0.25, 0.3) is 0 Å². The fourth-order valence-electron chi connectivity index (χ4n) is 2.27. The van der Waals surface area contributed by atoms with Crippen LogP contribution in [0.25, 0.3) is 0 Å². The molecule has 2 aromatic carbocycles. The Labute approximate surface area is 129 Å². The fraction of sp³-hybridized carbons (Fsp3) is 0.235. The third-order valence-electron chi connectivity index (χ3n) is 3.68. The number of hydrogen-bond acceptors (Lipinski definition) is 2. The van der Waals surface area contributed by atoms with Crippen LogP contribution in [0, 0.1) is 0 Å². The van der Waals surface area contributed by atoms with Gasteiger partial charge in [-0.15, -0.1) is 0 Å². The largest absolute Gasteiger partial charge is 0.478 e. The molecule has 110 valence electrons. The van der Waals surface area contributed by atoms with E-state index in [-0.39, 0.29) is 6.04 Å². The topological polar surface area (TPSA) is 40.5 Å². The van der Waals surface area contributed by atoms with Crippen molar-refractivity contribution in [2.24, 2.45) is 0 Å². The number of nitrogens with zero attached hydrogens (tertiary/aromatic N) is 1. The van der Waals surface area contributed by atoms with Crippen molar-refractivity contribution in [2.75, 3.05) is 7.05 Å². The van der Waals surface area contributed by atoms with Crippen LogP contribution in [-0.2, 0) is 6.54 Å². The predicted octanol–water partition coefficient (Wildman–Crippen LogP) is 4.23. The van der Waals surface area contributed by atoms with E-state index in [0.29, 0.717) is 17.1 Å². The van der Waals surface area contributed by atoms with Crippen LogP contribution >= 0.6 is 11.6 Å². The maximum Gasteiger partial charge on any atom is 0.336 e. The molecule has 1 unspecified atom stereocenters. The molecule has 3 nitrogen and oxygen atoms in total. The van der Waals surface area contributed by atoms with Gasteiger partial charge >= 0.3 is 5.97 Å². The Morgan fingerprint density at radius 1 is 1.19 bits per heavy atom. The molecule has 0 aliphatic heterocycles. The highest BCUT2D eigenvalue weighted by Gasteiger charge is 2.15. The summed E-state index contributed by atoms with van der Waals surface area (Å²) < 4.78 is 0. The molecule has 1 N–H and O–H groups in total. The number of carbonyl (C=O) groups is 1. The van der Waals surface area contributed by atoms with Gasteiger partial charge in [0.1, 0.15) is 0 Å². The number of rotatable bonds is 5. The van der Waals surface area contributed by atoms with Gasteiger partial charge < -0.3 is 5.11 Å². The van der Waals surface area contributed by atoms with Crippen LogP contribution in [0.1, 0.15) is 34.5 Å². The van der Waals surface area contributed by atoms with Crippen molar-refractivity contribution >= 4 is 17.6 Å². The van der Waals surface area contributed by atoms with Gasteiger partial charge in [-0.3, -0.25) is 4.90 Å². The molecule has 0 aromatic heterocycles.